The average molecular weight is 391 g/mol. The van der Waals surface area contributed by atoms with Crippen molar-refractivity contribution in [3.05, 3.63) is 42.0 Å². The number of benzene rings is 2. The predicted molar refractivity (Wildman–Crippen MR) is 102 cm³/mol. The van der Waals surface area contributed by atoms with Crippen molar-refractivity contribution in [3.63, 3.8) is 0 Å². The number of alkyl halides is 3. The van der Waals surface area contributed by atoms with Gasteiger partial charge >= 0.3 is 6.18 Å². The number of hydrogen-bond donors (Lipinski definition) is 3. The molecule has 0 spiro atoms. The van der Waals surface area contributed by atoms with Gasteiger partial charge in [0.25, 0.3) is 0 Å². The standard InChI is InChI=1S/C20H20F3N3S/c21-20(22,23)11-7-16(25-14-9-12-5-6-13(10-14)24-12)19-18(8-11)27-17-4-2-1-3-15(17)26-19/h1-4,7-8,12-14,24-26H,5-6,9-10H2. The fourth-order valence-electron chi connectivity index (χ4n) is 4.41. The maximum Gasteiger partial charge on any atom is 0.416 e. The summed E-state index contributed by atoms with van der Waals surface area (Å²) >= 11 is 1.39. The van der Waals surface area contributed by atoms with Crippen molar-refractivity contribution in [1.29, 1.82) is 0 Å². The summed E-state index contributed by atoms with van der Waals surface area (Å²) < 4.78 is 40.4. The third-order valence-electron chi connectivity index (χ3n) is 5.63. The second-order valence-corrected chi connectivity index (χ2v) is 8.65. The predicted octanol–water partition coefficient (Wildman–Crippen LogP) is 5.61. The Hall–Kier alpha value is -1.86. The zero-order chi connectivity index (χ0) is 18.6. The second kappa shape index (κ2) is 6.34. The van der Waals surface area contributed by atoms with Crippen LogP contribution in [-0.4, -0.2) is 18.1 Å². The number of anilines is 3. The molecule has 3 aliphatic rings. The van der Waals surface area contributed by atoms with Gasteiger partial charge in [0.15, 0.2) is 0 Å². The molecule has 3 N–H and O–H groups in total. The molecule has 0 saturated carbocycles. The molecule has 5 rings (SSSR count). The highest BCUT2D eigenvalue weighted by Gasteiger charge is 2.36. The van der Waals surface area contributed by atoms with E-state index >= 15 is 0 Å². The van der Waals surface area contributed by atoms with Crippen molar-refractivity contribution in [2.75, 3.05) is 10.6 Å². The van der Waals surface area contributed by atoms with Gasteiger partial charge in [0.05, 0.1) is 22.6 Å². The Labute approximate surface area is 160 Å². The molecule has 2 aromatic carbocycles. The Morgan fingerprint density at radius 3 is 2.48 bits per heavy atom. The van der Waals surface area contributed by atoms with Crippen LogP contribution in [0.2, 0.25) is 0 Å². The summed E-state index contributed by atoms with van der Waals surface area (Å²) in [5.41, 5.74) is 1.63. The maximum absolute atomic E-state index is 13.5. The number of piperidine rings is 1. The molecule has 3 nitrogen and oxygen atoms in total. The number of hydrogen-bond acceptors (Lipinski definition) is 4. The van der Waals surface area contributed by atoms with Crippen molar-refractivity contribution in [2.45, 2.75) is 59.8 Å². The van der Waals surface area contributed by atoms with Crippen LogP contribution >= 0.6 is 11.8 Å². The Bertz CT molecular complexity index is 871. The van der Waals surface area contributed by atoms with Gasteiger partial charge < -0.3 is 16.0 Å². The van der Waals surface area contributed by atoms with Crippen LogP contribution in [0.15, 0.2) is 46.2 Å². The largest absolute Gasteiger partial charge is 0.416 e. The molecule has 2 aromatic rings. The molecule has 2 atom stereocenters. The third kappa shape index (κ3) is 3.27. The molecule has 3 heterocycles. The lowest BCUT2D eigenvalue weighted by Gasteiger charge is -2.32. The van der Waals surface area contributed by atoms with Crippen molar-refractivity contribution in [2.24, 2.45) is 0 Å². The monoisotopic (exact) mass is 391 g/mol. The third-order valence-corrected chi connectivity index (χ3v) is 6.75. The van der Waals surface area contributed by atoms with Gasteiger partial charge in [-0.15, -0.1) is 0 Å². The zero-order valence-electron chi connectivity index (χ0n) is 14.6. The molecule has 27 heavy (non-hydrogen) atoms. The molecule has 7 heteroatoms. The summed E-state index contributed by atoms with van der Waals surface area (Å²) in [6.07, 6.45) is -0.150. The molecule has 2 fully saturated rings. The van der Waals surface area contributed by atoms with E-state index in [0.29, 0.717) is 22.7 Å². The lowest BCUT2D eigenvalue weighted by atomic mass is 9.99. The van der Waals surface area contributed by atoms with E-state index in [1.165, 1.54) is 23.9 Å². The van der Waals surface area contributed by atoms with E-state index in [1.54, 1.807) is 0 Å². The van der Waals surface area contributed by atoms with Crippen LogP contribution < -0.4 is 16.0 Å². The first-order chi connectivity index (χ1) is 13.0. The first kappa shape index (κ1) is 17.3. The highest BCUT2D eigenvalue weighted by Crippen LogP contribution is 2.49. The van der Waals surface area contributed by atoms with Crippen LogP contribution in [0.1, 0.15) is 31.2 Å². The molecule has 0 aliphatic carbocycles. The fraction of sp³-hybridized carbons (Fsp3) is 0.400. The number of halogens is 3. The Balaban J connectivity index is 1.52. The van der Waals surface area contributed by atoms with Crippen LogP contribution in [0.5, 0.6) is 0 Å². The molecule has 2 bridgehead atoms. The molecule has 2 saturated heterocycles. The molecule has 0 aromatic heterocycles. The summed E-state index contributed by atoms with van der Waals surface area (Å²) in [6.45, 7) is 0. The first-order valence-corrected chi connectivity index (χ1v) is 10.1. The van der Waals surface area contributed by atoms with Gasteiger partial charge in [0.1, 0.15) is 0 Å². The maximum atomic E-state index is 13.5. The van der Waals surface area contributed by atoms with Crippen LogP contribution in [0.3, 0.4) is 0 Å². The summed E-state index contributed by atoms with van der Waals surface area (Å²) in [5, 5.41) is 10.4. The van der Waals surface area contributed by atoms with E-state index in [9.17, 15) is 13.2 Å². The minimum Gasteiger partial charge on any atom is -0.380 e. The highest BCUT2D eigenvalue weighted by atomic mass is 32.2. The van der Waals surface area contributed by atoms with Gasteiger partial charge in [-0.05, 0) is 49.9 Å². The van der Waals surface area contributed by atoms with Gasteiger partial charge in [-0.1, -0.05) is 23.9 Å². The van der Waals surface area contributed by atoms with E-state index in [2.05, 4.69) is 16.0 Å². The summed E-state index contributed by atoms with van der Waals surface area (Å²) in [5.74, 6) is 0. The van der Waals surface area contributed by atoms with E-state index < -0.39 is 11.7 Å². The normalized spacial score (nSPS) is 26.1. The number of fused-ring (bicyclic) bond motifs is 4. The van der Waals surface area contributed by atoms with Gasteiger partial charge in [0.2, 0.25) is 0 Å². The van der Waals surface area contributed by atoms with Crippen LogP contribution in [-0.2, 0) is 6.18 Å². The molecule has 3 aliphatic heterocycles. The quantitative estimate of drug-likeness (QED) is 0.531. The first-order valence-electron chi connectivity index (χ1n) is 9.27. The second-order valence-electron chi connectivity index (χ2n) is 7.57. The fourth-order valence-corrected chi connectivity index (χ4v) is 5.47. The summed E-state index contributed by atoms with van der Waals surface area (Å²) in [4.78, 5) is 1.55. The van der Waals surface area contributed by atoms with Gasteiger partial charge in [0, 0.05) is 27.9 Å². The van der Waals surface area contributed by atoms with Crippen molar-refractivity contribution in [3.8, 4) is 0 Å². The van der Waals surface area contributed by atoms with E-state index in [4.69, 9.17) is 0 Å². The number of para-hydroxylation sites is 1. The lowest BCUT2D eigenvalue weighted by Crippen LogP contribution is -2.43. The summed E-state index contributed by atoms with van der Waals surface area (Å²) in [7, 11) is 0. The van der Waals surface area contributed by atoms with E-state index in [0.717, 1.165) is 42.0 Å². The molecule has 0 amide bonds. The number of nitrogens with one attached hydrogen (secondary N) is 3. The van der Waals surface area contributed by atoms with Crippen molar-refractivity contribution < 1.29 is 13.2 Å². The van der Waals surface area contributed by atoms with E-state index in [1.807, 2.05) is 24.3 Å². The van der Waals surface area contributed by atoms with Crippen LogP contribution in [0, 0.1) is 0 Å². The van der Waals surface area contributed by atoms with Gasteiger partial charge in [-0.3, -0.25) is 0 Å². The summed E-state index contributed by atoms with van der Waals surface area (Å²) in [6, 6.07) is 11.4. The lowest BCUT2D eigenvalue weighted by molar-refractivity contribution is -0.137. The van der Waals surface area contributed by atoms with E-state index in [-0.39, 0.29) is 6.04 Å². The Kier molecular flexibility index (Phi) is 4.05. The SMILES string of the molecule is FC(F)(F)c1cc(NC2CC3CCC(C2)N3)c2c(c1)Sc1ccccc1N2. The van der Waals surface area contributed by atoms with Crippen molar-refractivity contribution >= 4 is 28.8 Å². The van der Waals surface area contributed by atoms with Gasteiger partial charge in [-0.2, -0.15) is 13.2 Å². The molecule has 142 valence electrons. The van der Waals surface area contributed by atoms with Crippen LogP contribution in [0.4, 0.5) is 30.2 Å². The van der Waals surface area contributed by atoms with Crippen LogP contribution in [0.25, 0.3) is 0 Å². The highest BCUT2D eigenvalue weighted by molar-refractivity contribution is 7.99. The molecule has 2 unspecified atom stereocenters. The average Bonchev–Trinajstić information content (AvgIpc) is 2.97. The minimum absolute atomic E-state index is 0.195. The van der Waals surface area contributed by atoms with Crippen molar-refractivity contribution in [1.82, 2.24) is 5.32 Å². The minimum atomic E-state index is -4.36. The molecular weight excluding hydrogens is 371 g/mol. The number of rotatable bonds is 2. The Morgan fingerprint density at radius 2 is 1.74 bits per heavy atom. The smallest absolute Gasteiger partial charge is 0.380 e. The topological polar surface area (TPSA) is 36.1 Å². The Morgan fingerprint density at radius 1 is 1.00 bits per heavy atom. The molecular formula is C20H20F3N3S. The molecule has 0 radical (unpaired) electrons. The van der Waals surface area contributed by atoms with Gasteiger partial charge in [-0.25, -0.2) is 0 Å². The zero-order valence-corrected chi connectivity index (χ0v) is 15.4.